The maximum Gasteiger partial charge on any atom is 0.354 e. The SMILES string of the molecule is COC(=O)c1ccc(CNC(C)Cc2ccc(Br)cc2)[nH]1. The number of esters is 1. The van der Waals surface area contributed by atoms with Gasteiger partial charge in [0.15, 0.2) is 0 Å². The fraction of sp³-hybridized carbons (Fsp3) is 0.312. The summed E-state index contributed by atoms with van der Waals surface area (Å²) in [5, 5.41) is 3.44. The maximum absolute atomic E-state index is 11.4. The van der Waals surface area contributed by atoms with E-state index in [0.717, 1.165) is 16.6 Å². The monoisotopic (exact) mass is 350 g/mol. The summed E-state index contributed by atoms with van der Waals surface area (Å²) in [4.78, 5) is 14.4. The van der Waals surface area contributed by atoms with Crippen LogP contribution in [0.2, 0.25) is 0 Å². The number of nitrogens with one attached hydrogen (secondary N) is 2. The third-order valence-corrected chi connectivity index (χ3v) is 3.78. The summed E-state index contributed by atoms with van der Waals surface area (Å²) in [6.45, 7) is 2.83. The van der Waals surface area contributed by atoms with Crippen molar-refractivity contribution in [3.8, 4) is 0 Å². The van der Waals surface area contributed by atoms with Crippen molar-refractivity contribution in [2.45, 2.75) is 25.9 Å². The minimum absolute atomic E-state index is 0.343. The average molecular weight is 351 g/mol. The normalized spacial score (nSPS) is 12.1. The van der Waals surface area contributed by atoms with Gasteiger partial charge in [-0.3, -0.25) is 0 Å². The van der Waals surface area contributed by atoms with Crippen LogP contribution in [-0.4, -0.2) is 24.1 Å². The molecule has 0 aliphatic carbocycles. The highest BCUT2D eigenvalue weighted by atomic mass is 79.9. The number of carbonyl (C=O) groups is 1. The van der Waals surface area contributed by atoms with Crippen molar-refractivity contribution in [2.75, 3.05) is 7.11 Å². The van der Waals surface area contributed by atoms with Gasteiger partial charge in [0, 0.05) is 22.8 Å². The predicted molar refractivity (Wildman–Crippen MR) is 86.3 cm³/mol. The van der Waals surface area contributed by atoms with Gasteiger partial charge < -0.3 is 15.0 Å². The minimum atomic E-state index is -0.343. The number of H-pyrrole nitrogens is 1. The van der Waals surface area contributed by atoms with Crippen LogP contribution < -0.4 is 5.32 Å². The van der Waals surface area contributed by atoms with Gasteiger partial charge in [-0.25, -0.2) is 4.79 Å². The van der Waals surface area contributed by atoms with Crippen LogP contribution in [0.5, 0.6) is 0 Å². The first kappa shape index (κ1) is 15.8. The Bertz CT molecular complexity index is 593. The molecule has 1 aromatic carbocycles. The number of halogens is 1. The molecule has 2 N–H and O–H groups in total. The molecule has 4 nitrogen and oxygen atoms in total. The van der Waals surface area contributed by atoms with Gasteiger partial charge in [-0.05, 0) is 43.2 Å². The highest BCUT2D eigenvalue weighted by molar-refractivity contribution is 9.10. The van der Waals surface area contributed by atoms with Crippen LogP contribution in [0.25, 0.3) is 0 Å². The number of carbonyl (C=O) groups excluding carboxylic acids is 1. The van der Waals surface area contributed by atoms with E-state index in [2.05, 4.69) is 62.2 Å². The molecule has 0 bridgehead atoms. The largest absolute Gasteiger partial charge is 0.464 e. The number of rotatable bonds is 6. The van der Waals surface area contributed by atoms with Gasteiger partial charge in [0.2, 0.25) is 0 Å². The van der Waals surface area contributed by atoms with E-state index in [9.17, 15) is 4.79 Å². The molecule has 1 unspecified atom stereocenters. The third-order valence-electron chi connectivity index (χ3n) is 3.25. The number of aromatic amines is 1. The zero-order valence-electron chi connectivity index (χ0n) is 12.2. The van der Waals surface area contributed by atoms with Crippen LogP contribution in [0.1, 0.15) is 28.7 Å². The molecule has 0 amide bonds. The summed E-state index contributed by atoms with van der Waals surface area (Å²) in [5.41, 5.74) is 2.74. The molecular formula is C16H19BrN2O2. The Labute approximate surface area is 133 Å². The first-order valence-electron chi connectivity index (χ1n) is 6.82. The lowest BCUT2D eigenvalue weighted by atomic mass is 10.1. The second-order valence-electron chi connectivity index (χ2n) is 5.00. The molecule has 0 fully saturated rings. The van der Waals surface area contributed by atoms with E-state index in [4.69, 9.17) is 0 Å². The van der Waals surface area contributed by atoms with E-state index in [0.29, 0.717) is 18.3 Å². The average Bonchev–Trinajstić information content (AvgIpc) is 2.96. The first-order valence-corrected chi connectivity index (χ1v) is 7.62. The molecule has 1 heterocycles. The lowest BCUT2D eigenvalue weighted by Gasteiger charge is -2.13. The highest BCUT2D eigenvalue weighted by Gasteiger charge is 2.09. The molecule has 5 heteroatoms. The summed E-state index contributed by atoms with van der Waals surface area (Å²) in [6.07, 6.45) is 0.956. The van der Waals surface area contributed by atoms with Gasteiger partial charge in [-0.1, -0.05) is 28.1 Å². The van der Waals surface area contributed by atoms with Crippen LogP contribution in [0.15, 0.2) is 40.9 Å². The fourth-order valence-electron chi connectivity index (χ4n) is 2.10. The van der Waals surface area contributed by atoms with Crippen LogP contribution >= 0.6 is 15.9 Å². The molecule has 21 heavy (non-hydrogen) atoms. The van der Waals surface area contributed by atoms with Crippen LogP contribution in [0.4, 0.5) is 0 Å². The van der Waals surface area contributed by atoms with E-state index < -0.39 is 0 Å². The van der Waals surface area contributed by atoms with Crippen molar-refractivity contribution in [1.29, 1.82) is 0 Å². The Morgan fingerprint density at radius 3 is 2.67 bits per heavy atom. The highest BCUT2D eigenvalue weighted by Crippen LogP contribution is 2.12. The topological polar surface area (TPSA) is 54.1 Å². The van der Waals surface area contributed by atoms with Crippen molar-refractivity contribution in [3.63, 3.8) is 0 Å². The molecule has 0 saturated carbocycles. The fourth-order valence-corrected chi connectivity index (χ4v) is 2.37. The minimum Gasteiger partial charge on any atom is -0.464 e. The summed E-state index contributed by atoms with van der Waals surface area (Å²) in [6, 6.07) is 12.3. The Morgan fingerprint density at radius 2 is 2.00 bits per heavy atom. The summed E-state index contributed by atoms with van der Waals surface area (Å²) in [5.74, 6) is -0.343. The number of hydrogen-bond donors (Lipinski definition) is 2. The standard InChI is InChI=1S/C16H19BrN2O2/c1-11(9-12-3-5-13(17)6-4-12)18-10-14-7-8-15(19-14)16(20)21-2/h3-8,11,18-19H,9-10H2,1-2H3. The molecular weight excluding hydrogens is 332 g/mol. The molecule has 0 radical (unpaired) electrons. The summed E-state index contributed by atoms with van der Waals surface area (Å²) >= 11 is 3.44. The van der Waals surface area contributed by atoms with E-state index >= 15 is 0 Å². The lowest BCUT2D eigenvalue weighted by molar-refractivity contribution is 0.0594. The van der Waals surface area contributed by atoms with Crippen molar-refractivity contribution in [2.24, 2.45) is 0 Å². The van der Waals surface area contributed by atoms with Gasteiger partial charge in [0.25, 0.3) is 0 Å². The zero-order valence-corrected chi connectivity index (χ0v) is 13.7. The van der Waals surface area contributed by atoms with Crippen molar-refractivity contribution >= 4 is 21.9 Å². The molecule has 2 rings (SSSR count). The second-order valence-corrected chi connectivity index (χ2v) is 5.92. The molecule has 112 valence electrons. The summed E-state index contributed by atoms with van der Waals surface area (Å²) < 4.78 is 5.76. The lowest BCUT2D eigenvalue weighted by Crippen LogP contribution is -2.27. The van der Waals surface area contributed by atoms with Gasteiger partial charge >= 0.3 is 5.97 Å². The van der Waals surface area contributed by atoms with E-state index in [-0.39, 0.29) is 5.97 Å². The van der Waals surface area contributed by atoms with E-state index in [1.807, 2.05) is 6.07 Å². The molecule has 0 saturated heterocycles. The van der Waals surface area contributed by atoms with Crippen LogP contribution in [0, 0.1) is 0 Å². The predicted octanol–water partition coefficient (Wildman–Crippen LogP) is 3.28. The van der Waals surface area contributed by atoms with E-state index in [1.54, 1.807) is 6.07 Å². The zero-order chi connectivity index (χ0) is 15.2. The van der Waals surface area contributed by atoms with Gasteiger partial charge in [0.1, 0.15) is 5.69 Å². The van der Waals surface area contributed by atoms with Crippen molar-refractivity contribution in [1.82, 2.24) is 10.3 Å². The number of aromatic nitrogens is 1. The maximum atomic E-state index is 11.4. The number of ether oxygens (including phenoxy) is 1. The molecule has 0 aliphatic heterocycles. The molecule has 2 aromatic rings. The quantitative estimate of drug-likeness (QED) is 0.786. The molecule has 1 aromatic heterocycles. The third kappa shape index (κ3) is 4.72. The van der Waals surface area contributed by atoms with Gasteiger partial charge in [-0.2, -0.15) is 0 Å². The van der Waals surface area contributed by atoms with Crippen molar-refractivity contribution in [3.05, 3.63) is 57.8 Å². The van der Waals surface area contributed by atoms with Crippen LogP contribution in [0.3, 0.4) is 0 Å². The Morgan fingerprint density at radius 1 is 1.29 bits per heavy atom. The van der Waals surface area contributed by atoms with Gasteiger partial charge in [-0.15, -0.1) is 0 Å². The summed E-state index contributed by atoms with van der Waals surface area (Å²) in [7, 11) is 1.38. The Balaban J connectivity index is 1.83. The number of methoxy groups -OCH3 is 1. The smallest absolute Gasteiger partial charge is 0.354 e. The second kappa shape index (κ2) is 7.43. The number of hydrogen-bond acceptors (Lipinski definition) is 3. The van der Waals surface area contributed by atoms with E-state index in [1.165, 1.54) is 12.7 Å². The van der Waals surface area contributed by atoms with Gasteiger partial charge in [0.05, 0.1) is 7.11 Å². The Kier molecular flexibility index (Phi) is 5.59. The Hall–Kier alpha value is -1.59. The molecule has 0 spiro atoms. The first-order chi connectivity index (χ1) is 10.1. The van der Waals surface area contributed by atoms with Crippen molar-refractivity contribution < 1.29 is 9.53 Å². The molecule has 1 atom stereocenters. The number of benzene rings is 1. The van der Waals surface area contributed by atoms with Crippen LogP contribution in [-0.2, 0) is 17.7 Å². The molecule has 0 aliphatic rings.